The summed E-state index contributed by atoms with van der Waals surface area (Å²) in [6.45, 7) is 12.3. The summed E-state index contributed by atoms with van der Waals surface area (Å²) in [5, 5.41) is 17.6. The van der Waals surface area contributed by atoms with E-state index in [2.05, 4.69) is 10.6 Å². The number of aliphatic hydroxyl groups is 1. The number of amides is 2. The van der Waals surface area contributed by atoms with E-state index in [0.29, 0.717) is 36.7 Å². The van der Waals surface area contributed by atoms with Gasteiger partial charge in [-0.1, -0.05) is 13.8 Å². The molecule has 0 heterocycles. The normalized spacial score (nSPS) is 15.9. The van der Waals surface area contributed by atoms with E-state index in [9.17, 15) is 23.5 Å². The Hall–Kier alpha value is -2.88. The van der Waals surface area contributed by atoms with Gasteiger partial charge in [0.05, 0.1) is 18.2 Å². The molecule has 238 valence electrons. The fraction of sp³-hybridized carbons (Fsp3) is 0.588. The van der Waals surface area contributed by atoms with Gasteiger partial charge in [0.2, 0.25) is 0 Å². The highest BCUT2D eigenvalue weighted by Crippen LogP contribution is 2.29. The first-order chi connectivity index (χ1) is 20.5. The number of aliphatic hydroxyl groups excluding tert-OH is 1. The van der Waals surface area contributed by atoms with Gasteiger partial charge in [0.1, 0.15) is 11.6 Å². The van der Waals surface area contributed by atoms with Crippen molar-refractivity contribution in [1.29, 1.82) is 0 Å². The molecule has 2 aromatic carbocycles. The largest absolute Gasteiger partial charge is 0.389 e. The first-order valence-electron chi connectivity index (χ1n) is 15.7. The molecule has 0 aliphatic heterocycles. The van der Waals surface area contributed by atoms with Crippen molar-refractivity contribution in [3.63, 3.8) is 0 Å². The topological polar surface area (TPSA) is 90.9 Å². The van der Waals surface area contributed by atoms with Crippen LogP contribution in [0, 0.1) is 24.5 Å². The second-order valence-electron chi connectivity index (χ2n) is 12.1. The Morgan fingerprint density at radius 2 is 1.63 bits per heavy atom. The molecule has 1 unspecified atom stereocenters. The third-order valence-electron chi connectivity index (χ3n) is 7.81. The van der Waals surface area contributed by atoms with Crippen LogP contribution >= 0.6 is 0 Å². The minimum absolute atomic E-state index is 0.00684. The van der Waals surface area contributed by atoms with Crippen molar-refractivity contribution in [2.24, 2.45) is 5.92 Å². The van der Waals surface area contributed by atoms with Crippen LogP contribution in [0.1, 0.15) is 91.6 Å². The lowest BCUT2D eigenvalue weighted by atomic mass is 9.96. The van der Waals surface area contributed by atoms with E-state index in [1.165, 1.54) is 25.0 Å². The van der Waals surface area contributed by atoms with Gasteiger partial charge in [0.25, 0.3) is 11.8 Å². The van der Waals surface area contributed by atoms with E-state index in [4.69, 9.17) is 4.74 Å². The molecule has 1 fully saturated rings. The molecule has 9 heteroatoms. The first kappa shape index (κ1) is 34.6. The van der Waals surface area contributed by atoms with E-state index in [1.54, 1.807) is 23.1 Å². The summed E-state index contributed by atoms with van der Waals surface area (Å²) in [4.78, 5) is 28.6. The highest BCUT2D eigenvalue weighted by Gasteiger charge is 2.28. The molecular formula is C34H49F2N3O4. The minimum Gasteiger partial charge on any atom is -0.389 e. The predicted molar refractivity (Wildman–Crippen MR) is 165 cm³/mol. The maximum Gasteiger partial charge on any atom is 0.253 e. The van der Waals surface area contributed by atoms with Gasteiger partial charge in [-0.15, -0.1) is 0 Å². The van der Waals surface area contributed by atoms with E-state index < -0.39 is 35.7 Å². The number of halogens is 2. The van der Waals surface area contributed by atoms with Gasteiger partial charge in [-0.2, -0.15) is 0 Å². The molecule has 3 rings (SSSR count). The summed E-state index contributed by atoms with van der Waals surface area (Å²) in [7, 11) is 0. The van der Waals surface area contributed by atoms with E-state index in [0.717, 1.165) is 37.5 Å². The predicted octanol–water partition coefficient (Wildman–Crippen LogP) is 5.42. The molecule has 1 aliphatic rings. The second-order valence-corrected chi connectivity index (χ2v) is 12.1. The molecule has 3 N–H and O–H groups in total. The summed E-state index contributed by atoms with van der Waals surface area (Å²) in [6, 6.07) is 6.90. The second kappa shape index (κ2) is 16.8. The van der Waals surface area contributed by atoms with Crippen molar-refractivity contribution in [3.05, 3.63) is 70.3 Å². The number of carbonyl (C=O) groups is 2. The number of nitrogens with zero attached hydrogens (tertiary/aromatic N) is 1. The van der Waals surface area contributed by atoms with Gasteiger partial charge in [0, 0.05) is 42.9 Å². The summed E-state index contributed by atoms with van der Waals surface area (Å²) in [5.74, 6) is -1.40. The van der Waals surface area contributed by atoms with Gasteiger partial charge in [-0.3, -0.25) is 9.59 Å². The maximum absolute atomic E-state index is 14.0. The number of hydrogen-bond donors (Lipinski definition) is 3. The van der Waals surface area contributed by atoms with Crippen molar-refractivity contribution in [1.82, 2.24) is 15.5 Å². The van der Waals surface area contributed by atoms with Gasteiger partial charge in [-0.05, 0) is 113 Å². The van der Waals surface area contributed by atoms with Crippen LogP contribution in [0.3, 0.4) is 0 Å². The fourth-order valence-electron chi connectivity index (χ4n) is 5.22. The van der Waals surface area contributed by atoms with E-state index >= 15 is 0 Å². The zero-order valence-electron chi connectivity index (χ0n) is 26.3. The molecule has 7 nitrogen and oxygen atoms in total. The summed E-state index contributed by atoms with van der Waals surface area (Å²) >= 11 is 0. The Morgan fingerprint density at radius 3 is 2.23 bits per heavy atom. The molecule has 0 radical (unpaired) electrons. The smallest absolute Gasteiger partial charge is 0.253 e. The fourth-order valence-corrected chi connectivity index (χ4v) is 5.22. The van der Waals surface area contributed by atoms with Gasteiger partial charge < -0.3 is 25.4 Å². The molecule has 2 amide bonds. The number of ether oxygens (including phenoxy) is 1. The molecule has 43 heavy (non-hydrogen) atoms. The highest BCUT2D eigenvalue weighted by atomic mass is 19.1. The molecule has 0 aromatic heterocycles. The SMILES string of the molecule is CCCN(CCC)C(=O)c1cc(C)cc(C(=O)N[C@@H](Cc2cc(F)cc(F)c2)[C@H](O)C(C)NCC[C@@H](C)OCC2CC2)c1. The average Bonchev–Trinajstić information content (AvgIpc) is 3.78. The van der Waals surface area contributed by atoms with E-state index in [-0.39, 0.29) is 24.0 Å². The molecule has 1 aliphatic carbocycles. The summed E-state index contributed by atoms with van der Waals surface area (Å²) in [5.41, 5.74) is 1.76. The molecule has 0 bridgehead atoms. The van der Waals surface area contributed by atoms with Crippen LogP contribution in [0.25, 0.3) is 0 Å². The van der Waals surface area contributed by atoms with Crippen LogP contribution in [-0.4, -0.2) is 72.4 Å². The lowest BCUT2D eigenvalue weighted by molar-refractivity contribution is 0.0488. The van der Waals surface area contributed by atoms with Crippen LogP contribution in [-0.2, 0) is 11.2 Å². The molecule has 1 saturated carbocycles. The number of nitrogens with one attached hydrogen (secondary N) is 2. The third-order valence-corrected chi connectivity index (χ3v) is 7.81. The number of rotatable bonds is 18. The number of aryl methyl sites for hydroxylation is 1. The van der Waals surface area contributed by atoms with Crippen molar-refractivity contribution in [2.45, 2.75) is 97.4 Å². The van der Waals surface area contributed by atoms with Crippen molar-refractivity contribution < 1.29 is 28.2 Å². The monoisotopic (exact) mass is 601 g/mol. The lowest BCUT2D eigenvalue weighted by Gasteiger charge is -2.30. The molecule has 4 atom stereocenters. The van der Waals surface area contributed by atoms with Crippen molar-refractivity contribution in [2.75, 3.05) is 26.2 Å². The Morgan fingerprint density at radius 1 is 1.00 bits per heavy atom. The molecule has 0 spiro atoms. The molecule has 0 saturated heterocycles. The summed E-state index contributed by atoms with van der Waals surface area (Å²) in [6.07, 6.45) is 3.86. The number of hydrogen-bond acceptors (Lipinski definition) is 5. The zero-order chi connectivity index (χ0) is 31.5. The van der Waals surface area contributed by atoms with Crippen LogP contribution in [0.4, 0.5) is 8.78 Å². The van der Waals surface area contributed by atoms with Crippen molar-refractivity contribution >= 4 is 11.8 Å². The minimum atomic E-state index is -1.08. The van der Waals surface area contributed by atoms with Crippen LogP contribution in [0.15, 0.2) is 36.4 Å². The van der Waals surface area contributed by atoms with Gasteiger partial charge in [-0.25, -0.2) is 8.78 Å². The number of carbonyl (C=O) groups excluding carboxylic acids is 2. The third kappa shape index (κ3) is 11.3. The summed E-state index contributed by atoms with van der Waals surface area (Å²) < 4.78 is 33.9. The van der Waals surface area contributed by atoms with Gasteiger partial charge >= 0.3 is 0 Å². The molecular weight excluding hydrogens is 552 g/mol. The Bertz CT molecular complexity index is 1180. The lowest BCUT2D eigenvalue weighted by Crippen LogP contribution is -2.53. The Kier molecular flexibility index (Phi) is 13.5. The highest BCUT2D eigenvalue weighted by molar-refractivity contribution is 6.00. The van der Waals surface area contributed by atoms with Gasteiger partial charge in [0.15, 0.2) is 0 Å². The quantitative estimate of drug-likeness (QED) is 0.212. The van der Waals surface area contributed by atoms with Crippen molar-refractivity contribution in [3.8, 4) is 0 Å². The Balaban J connectivity index is 1.75. The molecule has 2 aromatic rings. The standard InChI is InChI=1S/C34H49F2N3O4/c1-6-12-39(13-7-2)34(42)28-15-22(3)14-27(19-28)33(41)38-31(18-26-16-29(35)20-30(36)17-26)32(40)24(5)37-11-10-23(4)43-21-25-8-9-25/h14-17,19-20,23-25,31-32,37,40H,6-13,18,21H2,1-5H3,(H,38,41)/t23-,24?,31+,32-/m1/s1. The van der Waals surface area contributed by atoms with E-state index in [1.807, 2.05) is 34.6 Å². The average molecular weight is 602 g/mol. The zero-order valence-corrected chi connectivity index (χ0v) is 26.3. The van der Waals surface area contributed by atoms with Crippen LogP contribution in [0.2, 0.25) is 0 Å². The maximum atomic E-state index is 14.0. The van der Waals surface area contributed by atoms with Crippen LogP contribution < -0.4 is 10.6 Å². The first-order valence-corrected chi connectivity index (χ1v) is 15.7. The van der Waals surface area contributed by atoms with Crippen LogP contribution in [0.5, 0.6) is 0 Å². The Labute approximate surface area is 255 Å². The number of benzene rings is 2.